The number of nitrogens with one attached hydrogen (secondary N) is 1. The van der Waals surface area contributed by atoms with Gasteiger partial charge >= 0.3 is 0 Å². The molecular formula is C14H21N3S. The van der Waals surface area contributed by atoms with E-state index in [1.165, 1.54) is 10.6 Å². The minimum Gasteiger partial charge on any atom is -0.351 e. The van der Waals surface area contributed by atoms with E-state index in [1.54, 1.807) is 11.3 Å². The van der Waals surface area contributed by atoms with Crippen LogP contribution in [0.1, 0.15) is 41.2 Å². The van der Waals surface area contributed by atoms with Gasteiger partial charge in [-0.25, -0.2) is 4.98 Å². The number of hydrogen-bond donors (Lipinski definition) is 1. The summed E-state index contributed by atoms with van der Waals surface area (Å²) in [4.78, 5) is 5.83. The summed E-state index contributed by atoms with van der Waals surface area (Å²) in [7, 11) is 0. The Bertz CT molecular complexity index is 513. The maximum atomic E-state index is 4.48. The highest BCUT2D eigenvalue weighted by Crippen LogP contribution is 2.24. The average molecular weight is 263 g/mol. The molecular weight excluding hydrogens is 242 g/mol. The summed E-state index contributed by atoms with van der Waals surface area (Å²) in [5.74, 6) is 0. The molecule has 0 fully saturated rings. The lowest BCUT2D eigenvalue weighted by atomic mass is 10.2. The first kappa shape index (κ1) is 13.3. The second-order valence-electron chi connectivity index (χ2n) is 4.57. The highest BCUT2D eigenvalue weighted by Gasteiger charge is 2.12. The van der Waals surface area contributed by atoms with E-state index >= 15 is 0 Å². The van der Waals surface area contributed by atoms with Crippen LogP contribution in [-0.4, -0.2) is 9.55 Å². The van der Waals surface area contributed by atoms with Gasteiger partial charge in [-0.05, 0) is 39.8 Å². The molecule has 2 aromatic rings. The molecule has 0 aromatic carbocycles. The molecule has 1 N–H and O–H groups in total. The Morgan fingerprint density at radius 1 is 1.44 bits per heavy atom. The molecule has 0 amide bonds. The molecule has 0 radical (unpaired) electrons. The van der Waals surface area contributed by atoms with Crippen molar-refractivity contribution < 1.29 is 0 Å². The summed E-state index contributed by atoms with van der Waals surface area (Å²) in [5, 5.41) is 4.73. The van der Waals surface area contributed by atoms with Crippen LogP contribution < -0.4 is 5.32 Å². The van der Waals surface area contributed by atoms with Crippen LogP contribution in [0, 0.1) is 13.8 Å². The van der Waals surface area contributed by atoms with Gasteiger partial charge in [0.1, 0.15) is 0 Å². The first-order valence-electron chi connectivity index (χ1n) is 6.43. The van der Waals surface area contributed by atoms with E-state index in [2.05, 4.69) is 60.9 Å². The molecule has 2 rings (SSSR count). The molecule has 0 saturated heterocycles. The SMILES string of the molecule is CCn1cccc1CNC(C)c1sc(C)nc1C. The van der Waals surface area contributed by atoms with Gasteiger partial charge in [-0.15, -0.1) is 11.3 Å². The molecule has 0 bridgehead atoms. The van der Waals surface area contributed by atoms with E-state index in [4.69, 9.17) is 0 Å². The Morgan fingerprint density at radius 3 is 2.83 bits per heavy atom. The molecule has 0 aliphatic carbocycles. The standard InChI is InChI=1S/C14H21N3S/c1-5-17-8-6-7-13(17)9-15-10(2)14-11(3)16-12(4)18-14/h6-8,10,15H,5,9H2,1-4H3. The number of aryl methyl sites for hydroxylation is 3. The zero-order valence-electron chi connectivity index (χ0n) is 11.5. The van der Waals surface area contributed by atoms with E-state index in [0.717, 1.165) is 23.8 Å². The lowest BCUT2D eigenvalue weighted by Crippen LogP contribution is -2.19. The third kappa shape index (κ3) is 2.82. The van der Waals surface area contributed by atoms with Crippen LogP contribution in [-0.2, 0) is 13.1 Å². The van der Waals surface area contributed by atoms with Crippen molar-refractivity contribution in [2.45, 2.75) is 46.8 Å². The van der Waals surface area contributed by atoms with Gasteiger partial charge < -0.3 is 9.88 Å². The highest BCUT2D eigenvalue weighted by atomic mass is 32.1. The maximum absolute atomic E-state index is 4.48. The van der Waals surface area contributed by atoms with Crippen molar-refractivity contribution in [3.8, 4) is 0 Å². The smallest absolute Gasteiger partial charge is 0.0900 e. The number of rotatable bonds is 5. The normalized spacial score (nSPS) is 12.9. The topological polar surface area (TPSA) is 29.9 Å². The summed E-state index contributed by atoms with van der Waals surface area (Å²) in [6.45, 7) is 10.5. The molecule has 0 spiro atoms. The van der Waals surface area contributed by atoms with Gasteiger partial charge in [0.05, 0.1) is 10.7 Å². The van der Waals surface area contributed by atoms with E-state index in [-0.39, 0.29) is 0 Å². The molecule has 2 aromatic heterocycles. The fraction of sp³-hybridized carbons (Fsp3) is 0.500. The van der Waals surface area contributed by atoms with Crippen LogP contribution in [0.15, 0.2) is 18.3 Å². The van der Waals surface area contributed by atoms with Crippen LogP contribution in [0.3, 0.4) is 0 Å². The highest BCUT2D eigenvalue weighted by molar-refractivity contribution is 7.11. The third-order valence-corrected chi connectivity index (χ3v) is 4.44. The zero-order chi connectivity index (χ0) is 13.1. The molecule has 2 heterocycles. The van der Waals surface area contributed by atoms with Crippen molar-refractivity contribution in [1.29, 1.82) is 0 Å². The Kier molecular flexibility index (Phi) is 4.19. The largest absolute Gasteiger partial charge is 0.351 e. The molecule has 0 aliphatic heterocycles. The van der Waals surface area contributed by atoms with Crippen LogP contribution in [0.2, 0.25) is 0 Å². The molecule has 3 nitrogen and oxygen atoms in total. The van der Waals surface area contributed by atoms with Crippen molar-refractivity contribution in [2.75, 3.05) is 0 Å². The molecule has 0 aliphatic rings. The summed E-state index contributed by atoms with van der Waals surface area (Å²) in [6.07, 6.45) is 2.13. The second-order valence-corrected chi connectivity index (χ2v) is 5.81. The monoisotopic (exact) mass is 263 g/mol. The van der Waals surface area contributed by atoms with E-state index < -0.39 is 0 Å². The van der Waals surface area contributed by atoms with Crippen LogP contribution in [0.4, 0.5) is 0 Å². The van der Waals surface area contributed by atoms with E-state index in [0.29, 0.717) is 6.04 Å². The number of aromatic nitrogens is 2. The molecule has 98 valence electrons. The predicted octanol–water partition coefficient (Wildman–Crippen LogP) is 3.43. The number of nitrogens with zero attached hydrogens (tertiary/aromatic N) is 2. The Balaban J connectivity index is 2.00. The predicted molar refractivity (Wildman–Crippen MR) is 76.9 cm³/mol. The fourth-order valence-electron chi connectivity index (χ4n) is 2.22. The van der Waals surface area contributed by atoms with Gasteiger partial charge in [0.25, 0.3) is 0 Å². The molecule has 1 unspecified atom stereocenters. The number of hydrogen-bond acceptors (Lipinski definition) is 3. The van der Waals surface area contributed by atoms with Crippen molar-refractivity contribution in [1.82, 2.24) is 14.9 Å². The lowest BCUT2D eigenvalue weighted by Gasteiger charge is -2.14. The Labute approximate surface area is 113 Å². The second kappa shape index (κ2) is 5.67. The van der Waals surface area contributed by atoms with Gasteiger partial charge in [0.2, 0.25) is 0 Å². The first-order valence-corrected chi connectivity index (χ1v) is 7.24. The Morgan fingerprint density at radius 2 is 2.22 bits per heavy atom. The van der Waals surface area contributed by atoms with Gasteiger partial charge in [0, 0.05) is 35.9 Å². The van der Waals surface area contributed by atoms with Crippen molar-refractivity contribution in [3.05, 3.63) is 39.6 Å². The van der Waals surface area contributed by atoms with Gasteiger partial charge in [-0.2, -0.15) is 0 Å². The summed E-state index contributed by atoms with van der Waals surface area (Å²) >= 11 is 1.79. The van der Waals surface area contributed by atoms with E-state index in [9.17, 15) is 0 Å². The van der Waals surface area contributed by atoms with Crippen molar-refractivity contribution in [2.24, 2.45) is 0 Å². The minimum atomic E-state index is 0.358. The first-order chi connectivity index (χ1) is 8.61. The summed E-state index contributed by atoms with van der Waals surface area (Å²) in [5.41, 5.74) is 2.49. The quantitative estimate of drug-likeness (QED) is 0.895. The maximum Gasteiger partial charge on any atom is 0.0900 e. The third-order valence-electron chi connectivity index (χ3n) is 3.19. The van der Waals surface area contributed by atoms with Crippen molar-refractivity contribution >= 4 is 11.3 Å². The molecule has 1 atom stereocenters. The summed E-state index contributed by atoms with van der Waals surface area (Å²) < 4.78 is 2.27. The zero-order valence-corrected chi connectivity index (χ0v) is 12.3. The lowest BCUT2D eigenvalue weighted by molar-refractivity contribution is 0.553. The Hall–Kier alpha value is -1.13. The number of thiazole rings is 1. The van der Waals surface area contributed by atoms with Crippen LogP contribution in [0.25, 0.3) is 0 Å². The van der Waals surface area contributed by atoms with Crippen molar-refractivity contribution in [3.63, 3.8) is 0 Å². The van der Waals surface area contributed by atoms with Gasteiger partial charge in [-0.3, -0.25) is 0 Å². The minimum absolute atomic E-state index is 0.358. The fourth-order valence-corrected chi connectivity index (χ4v) is 3.17. The molecule has 18 heavy (non-hydrogen) atoms. The van der Waals surface area contributed by atoms with Crippen LogP contribution >= 0.6 is 11.3 Å². The summed E-state index contributed by atoms with van der Waals surface area (Å²) in [6, 6.07) is 4.64. The van der Waals surface area contributed by atoms with Crippen LogP contribution in [0.5, 0.6) is 0 Å². The average Bonchev–Trinajstić information content (AvgIpc) is 2.92. The van der Waals surface area contributed by atoms with E-state index in [1.807, 2.05) is 0 Å². The van der Waals surface area contributed by atoms with Gasteiger partial charge in [0.15, 0.2) is 0 Å². The van der Waals surface area contributed by atoms with Gasteiger partial charge in [-0.1, -0.05) is 0 Å². The molecule has 0 saturated carbocycles. The molecule has 4 heteroatoms.